The molecule has 0 saturated heterocycles. The second kappa shape index (κ2) is 3.87. The fourth-order valence-electron chi connectivity index (χ4n) is 1.31. The van der Waals surface area contributed by atoms with Crippen LogP contribution in [-0.2, 0) is 11.3 Å². The van der Waals surface area contributed by atoms with Crippen LogP contribution in [0.1, 0.15) is 18.4 Å². The zero-order chi connectivity index (χ0) is 9.97. The van der Waals surface area contributed by atoms with Crippen molar-refractivity contribution in [1.82, 2.24) is 5.32 Å². The summed E-state index contributed by atoms with van der Waals surface area (Å²) >= 11 is 0. The fourth-order valence-corrected chi connectivity index (χ4v) is 1.31. The van der Waals surface area contributed by atoms with E-state index in [1.54, 1.807) is 0 Å². The van der Waals surface area contributed by atoms with Gasteiger partial charge in [-0.3, -0.25) is 4.79 Å². The predicted octanol–water partition coefficient (Wildman–Crippen LogP) is 0.507. The SMILES string of the molecule is [B]c1ccc(CNC(=O)C2CC2)cc1. The molecule has 1 N–H and O–H groups in total. The van der Waals surface area contributed by atoms with Gasteiger partial charge in [-0.15, -0.1) is 0 Å². The highest BCUT2D eigenvalue weighted by Gasteiger charge is 2.28. The van der Waals surface area contributed by atoms with E-state index in [1.807, 2.05) is 24.3 Å². The lowest BCUT2D eigenvalue weighted by Gasteiger charge is -2.04. The Morgan fingerprint density at radius 3 is 2.57 bits per heavy atom. The fraction of sp³-hybridized carbons (Fsp3) is 0.364. The average molecular weight is 185 g/mol. The Bertz CT molecular complexity index is 330. The van der Waals surface area contributed by atoms with E-state index < -0.39 is 0 Å². The summed E-state index contributed by atoms with van der Waals surface area (Å²) in [6.07, 6.45) is 2.10. The molecule has 3 heteroatoms. The van der Waals surface area contributed by atoms with E-state index in [4.69, 9.17) is 7.85 Å². The van der Waals surface area contributed by atoms with Crippen LogP contribution >= 0.6 is 0 Å². The summed E-state index contributed by atoms with van der Waals surface area (Å²) in [6, 6.07) is 7.56. The molecule has 1 fully saturated rings. The predicted molar refractivity (Wildman–Crippen MR) is 56.4 cm³/mol. The smallest absolute Gasteiger partial charge is 0.223 e. The van der Waals surface area contributed by atoms with E-state index in [2.05, 4.69) is 5.32 Å². The Hall–Kier alpha value is -1.25. The van der Waals surface area contributed by atoms with E-state index in [0.717, 1.165) is 23.9 Å². The van der Waals surface area contributed by atoms with Gasteiger partial charge in [-0.25, -0.2) is 0 Å². The Kier molecular flexibility index (Phi) is 2.57. The zero-order valence-corrected chi connectivity index (χ0v) is 7.99. The zero-order valence-electron chi connectivity index (χ0n) is 7.99. The standard InChI is InChI=1S/C11H12BNO/c12-10-5-1-8(2-6-10)7-13-11(14)9-3-4-9/h1-2,5-6,9H,3-4,7H2,(H,13,14). The first-order valence-corrected chi connectivity index (χ1v) is 4.88. The molecule has 1 amide bonds. The highest BCUT2D eigenvalue weighted by atomic mass is 16.2. The van der Waals surface area contributed by atoms with E-state index in [1.165, 1.54) is 0 Å². The minimum atomic E-state index is 0.182. The van der Waals surface area contributed by atoms with E-state index >= 15 is 0 Å². The van der Waals surface area contributed by atoms with Gasteiger partial charge in [-0.2, -0.15) is 0 Å². The van der Waals surface area contributed by atoms with Crippen LogP contribution in [0.5, 0.6) is 0 Å². The molecule has 0 aromatic heterocycles. The highest BCUT2D eigenvalue weighted by molar-refractivity contribution is 6.32. The topological polar surface area (TPSA) is 29.1 Å². The number of rotatable bonds is 3. The molecule has 1 aromatic rings. The van der Waals surface area contributed by atoms with Gasteiger partial charge in [0.1, 0.15) is 7.85 Å². The Morgan fingerprint density at radius 2 is 2.00 bits per heavy atom. The molecule has 70 valence electrons. The third kappa shape index (κ3) is 2.38. The molecule has 1 aromatic carbocycles. The van der Waals surface area contributed by atoms with Crippen molar-refractivity contribution in [2.45, 2.75) is 19.4 Å². The van der Waals surface area contributed by atoms with Crippen molar-refractivity contribution in [1.29, 1.82) is 0 Å². The van der Waals surface area contributed by atoms with Gasteiger partial charge >= 0.3 is 0 Å². The van der Waals surface area contributed by atoms with Crippen LogP contribution in [0, 0.1) is 5.92 Å². The lowest BCUT2D eigenvalue weighted by molar-refractivity contribution is -0.122. The first-order valence-electron chi connectivity index (χ1n) is 4.88. The van der Waals surface area contributed by atoms with Crippen LogP contribution in [-0.4, -0.2) is 13.8 Å². The van der Waals surface area contributed by atoms with Gasteiger partial charge in [-0.1, -0.05) is 29.7 Å². The van der Waals surface area contributed by atoms with Crippen molar-refractivity contribution in [3.8, 4) is 0 Å². The molecule has 14 heavy (non-hydrogen) atoms. The molecule has 2 rings (SSSR count). The first kappa shape index (κ1) is 9.32. The molecule has 1 aliphatic rings. The summed E-state index contributed by atoms with van der Waals surface area (Å²) in [5.41, 5.74) is 1.84. The van der Waals surface area contributed by atoms with E-state index in [9.17, 15) is 4.79 Å². The number of benzene rings is 1. The molecule has 0 aliphatic heterocycles. The maximum absolute atomic E-state index is 11.3. The lowest BCUT2D eigenvalue weighted by atomic mass is 9.95. The van der Waals surface area contributed by atoms with Crippen LogP contribution in [0.3, 0.4) is 0 Å². The van der Waals surface area contributed by atoms with Crippen molar-refractivity contribution in [2.75, 3.05) is 0 Å². The maximum Gasteiger partial charge on any atom is 0.223 e. The second-order valence-corrected chi connectivity index (χ2v) is 3.73. The summed E-state index contributed by atoms with van der Waals surface area (Å²) in [6.45, 7) is 0.607. The number of hydrogen-bond donors (Lipinski definition) is 1. The third-order valence-electron chi connectivity index (χ3n) is 2.39. The Morgan fingerprint density at radius 1 is 1.36 bits per heavy atom. The second-order valence-electron chi connectivity index (χ2n) is 3.73. The first-order chi connectivity index (χ1) is 6.75. The van der Waals surface area contributed by atoms with Crippen molar-refractivity contribution < 1.29 is 4.79 Å². The van der Waals surface area contributed by atoms with Crippen LogP contribution in [0.15, 0.2) is 24.3 Å². The molecular weight excluding hydrogens is 173 g/mol. The molecule has 0 bridgehead atoms. The van der Waals surface area contributed by atoms with Crippen LogP contribution in [0.25, 0.3) is 0 Å². The molecule has 0 heterocycles. The van der Waals surface area contributed by atoms with Gasteiger partial charge in [0.25, 0.3) is 0 Å². The molecule has 1 saturated carbocycles. The maximum atomic E-state index is 11.3. The van der Waals surface area contributed by atoms with Gasteiger partial charge in [0.15, 0.2) is 0 Å². The van der Waals surface area contributed by atoms with Gasteiger partial charge in [0.2, 0.25) is 5.91 Å². The van der Waals surface area contributed by atoms with Gasteiger partial charge < -0.3 is 5.32 Å². The summed E-state index contributed by atoms with van der Waals surface area (Å²) < 4.78 is 0. The quantitative estimate of drug-likeness (QED) is 0.683. The Labute approximate surface area is 85.1 Å². The number of carbonyl (C=O) groups excluding carboxylic acids is 1. The van der Waals surface area contributed by atoms with Crippen LogP contribution in [0.4, 0.5) is 0 Å². The minimum absolute atomic E-state index is 0.182. The molecule has 2 nitrogen and oxygen atoms in total. The number of nitrogens with one attached hydrogen (secondary N) is 1. The molecular formula is C11H12BNO. The monoisotopic (exact) mass is 185 g/mol. The molecule has 0 atom stereocenters. The normalized spacial score (nSPS) is 15.1. The lowest BCUT2D eigenvalue weighted by Crippen LogP contribution is -2.24. The van der Waals surface area contributed by atoms with Crippen molar-refractivity contribution in [2.24, 2.45) is 5.92 Å². The molecule has 1 aliphatic carbocycles. The van der Waals surface area contributed by atoms with Crippen LogP contribution in [0.2, 0.25) is 0 Å². The van der Waals surface area contributed by atoms with E-state index in [0.29, 0.717) is 6.54 Å². The van der Waals surface area contributed by atoms with Crippen LogP contribution < -0.4 is 10.8 Å². The van der Waals surface area contributed by atoms with Crippen molar-refractivity contribution in [3.63, 3.8) is 0 Å². The number of amides is 1. The van der Waals surface area contributed by atoms with Gasteiger partial charge in [0.05, 0.1) is 0 Å². The van der Waals surface area contributed by atoms with Crippen molar-refractivity contribution >= 4 is 19.2 Å². The minimum Gasteiger partial charge on any atom is -0.352 e. The molecule has 0 spiro atoms. The van der Waals surface area contributed by atoms with Crippen molar-refractivity contribution in [3.05, 3.63) is 29.8 Å². The van der Waals surface area contributed by atoms with Gasteiger partial charge in [-0.05, 0) is 18.4 Å². The summed E-state index contributed by atoms with van der Waals surface area (Å²) in [4.78, 5) is 11.3. The number of hydrogen-bond acceptors (Lipinski definition) is 1. The summed E-state index contributed by atoms with van der Waals surface area (Å²) in [7, 11) is 5.55. The molecule has 0 unspecified atom stereocenters. The molecule has 2 radical (unpaired) electrons. The average Bonchev–Trinajstić information content (AvgIpc) is 3.00. The summed E-state index contributed by atoms with van der Waals surface area (Å²) in [5, 5.41) is 2.90. The number of carbonyl (C=O) groups is 1. The summed E-state index contributed by atoms with van der Waals surface area (Å²) in [5.74, 6) is 0.464. The third-order valence-corrected chi connectivity index (χ3v) is 2.39. The van der Waals surface area contributed by atoms with E-state index in [-0.39, 0.29) is 11.8 Å². The van der Waals surface area contributed by atoms with Gasteiger partial charge in [0, 0.05) is 12.5 Å². The highest BCUT2D eigenvalue weighted by Crippen LogP contribution is 2.28. The Balaban J connectivity index is 1.85. The largest absolute Gasteiger partial charge is 0.352 e.